The molecule has 148 valence electrons. The highest BCUT2D eigenvalue weighted by atomic mass is 32.2. The Morgan fingerprint density at radius 3 is 2.77 bits per heavy atom. The summed E-state index contributed by atoms with van der Waals surface area (Å²) < 4.78 is 28.6. The first-order valence-electron chi connectivity index (χ1n) is 9.12. The van der Waals surface area contributed by atoms with Crippen molar-refractivity contribution in [1.29, 1.82) is 0 Å². The monoisotopic (exact) mass is 383 g/mol. The number of nitrogens with one attached hydrogen (secondary N) is 2. The molecule has 1 aromatic rings. The van der Waals surface area contributed by atoms with Crippen LogP contribution in [0.1, 0.15) is 32.6 Å². The van der Waals surface area contributed by atoms with E-state index in [0.717, 1.165) is 44.7 Å². The minimum absolute atomic E-state index is 0.263. The summed E-state index contributed by atoms with van der Waals surface area (Å²) in [5, 5.41) is 3.25. The van der Waals surface area contributed by atoms with Crippen molar-refractivity contribution in [1.82, 2.24) is 19.5 Å². The first-order valence-corrected chi connectivity index (χ1v) is 10.6. The molecule has 0 bridgehead atoms. The number of aliphatic imine (C=N–C) groups is 1. The zero-order chi connectivity index (χ0) is 19.4. The third-order valence-electron chi connectivity index (χ3n) is 3.88. The molecule has 8 heteroatoms. The van der Waals surface area contributed by atoms with E-state index in [0.29, 0.717) is 6.54 Å². The van der Waals surface area contributed by atoms with Crippen molar-refractivity contribution in [2.45, 2.75) is 37.5 Å². The van der Waals surface area contributed by atoms with Gasteiger partial charge in [0.25, 0.3) is 0 Å². The fraction of sp³-hybridized carbons (Fsp3) is 0.611. The van der Waals surface area contributed by atoms with Crippen LogP contribution in [0.3, 0.4) is 0 Å². The Bertz CT molecular complexity index is 667. The highest BCUT2D eigenvalue weighted by Crippen LogP contribution is 2.07. The molecule has 0 aromatic carbocycles. The summed E-state index contributed by atoms with van der Waals surface area (Å²) in [4.78, 5) is 6.87. The predicted octanol–water partition coefficient (Wildman–Crippen LogP) is 1.95. The standard InChI is InChI=1S/C18H33N5O2S/c1-5-7-8-9-10-14-23(4)18(19-6-2)20-12-13-21-26(24,25)17-11-15-22(3)16-17/h5,11,15-16,21H,1,6-10,12-14H2,2-4H3,(H,19,20). The van der Waals surface area contributed by atoms with Crippen molar-refractivity contribution in [2.75, 3.05) is 33.2 Å². The van der Waals surface area contributed by atoms with Gasteiger partial charge in [0.05, 0.1) is 11.4 Å². The normalized spacial score (nSPS) is 12.2. The Labute approximate surface area is 158 Å². The lowest BCUT2D eigenvalue weighted by molar-refractivity contribution is 0.455. The van der Waals surface area contributed by atoms with Gasteiger partial charge in [-0.15, -0.1) is 6.58 Å². The molecule has 2 N–H and O–H groups in total. The number of allylic oxidation sites excluding steroid dienone is 1. The van der Waals surface area contributed by atoms with E-state index in [1.807, 2.05) is 20.0 Å². The summed E-state index contributed by atoms with van der Waals surface area (Å²) >= 11 is 0. The number of hydrogen-bond acceptors (Lipinski definition) is 3. The van der Waals surface area contributed by atoms with E-state index in [4.69, 9.17) is 0 Å². The molecular formula is C18H33N5O2S. The van der Waals surface area contributed by atoms with Gasteiger partial charge < -0.3 is 14.8 Å². The van der Waals surface area contributed by atoms with Crippen LogP contribution in [0.5, 0.6) is 0 Å². The van der Waals surface area contributed by atoms with E-state index in [-0.39, 0.29) is 11.4 Å². The fourth-order valence-corrected chi connectivity index (χ4v) is 3.52. The van der Waals surface area contributed by atoms with Gasteiger partial charge >= 0.3 is 0 Å². The zero-order valence-electron chi connectivity index (χ0n) is 16.2. The van der Waals surface area contributed by atoms with E-state index in [1.54, 1.807) is 30.1 Å². The Morgan fingerprint density at radius 1 is 1.38 bits per heavy atom. The van der Waals surface area contributed by atoms with Crippen LogP contribution in [-0.4, -0.2) is 57.1 Å². The summed E-state index contributed by atoms with van der Waals surface area (Å²) in [6.07, 6.45) is 9.70. The zero-order valence-corrected chi connectivity index (χ0v) is 17.1. The van der Waals surface area contributed by atoms with Crippen LogP contribution in [0.2, 0.25) is 0 Å². The SMILES string of the molecule is C=CCCCCCN(C)C(=NCCNS(=O)(=O)c1ccn(C)c1)NCC. The highest BCUT2D eigenvalue weighted by molar-refractivity contribution is 7.89. The molecule has 0 amide bonds. The second kappa shape index (κ2) is 11.7. The number of aryl methyl sites for hydroxylation is 1. The van der Waals surface area contributed by atoms with E-state index in [1.165, 1.54) is 0 Å². The number of nitrogens with zero attached hydrogens (tertiary/aromatic N) is 3. The number of aromatic nitrogens is 1. The molecular weight excluding hydrogens is 350 g/mol. The molecule has 0 aliphatic heterocycles. The third kappa shape index (κ3) is 8.05. The van der Waals surface area contributed by atoms with Crippen LogP contribution in [0.4, 0.5) is 0 Å². The molecule has 0 spiro atoms. The smallest absolute Gasteiger partial charge is 0.242 e. The van der Waals surface area contributed by atoms with Gasteiger partial charge in [-0.3, -0.25) is 4.99 Å². The molecule has 1 aromatic heterocycles. The maximum Gasteiger partial charge on any atom is 0.242 e. The van der Waals surface area contributed by atoms with Gasteiger partial charge in [0.2, 0.25) is 10.0 Å². The second-order valence-corrected chi connectivity index (χ2v) is 7.97. The van der Waals surface area contributed by atoms with Crippen LogP contribution in [-0.2, 0) is 17.1 Å². The molecule has 26 heavy (non-hydrogen) atoms. The molecule has 1 rings (SSSR count). The molecule has 0 atom stereocenters. The molecule has 0 saturated heterocycles. The molecule has 0 fully saturated rings. The molecule has 0 aliphatic carbocycles. The number of unbranched alkanes of at least 4 members (excludes halogenated alkanes) is 3. The number of hydrogen-bond donors (Lipinski definition) is 2. The van der Waals surface area contributed by atoms with Crippen molar-refractivity contribution in [2.24, 2.45) is 12.0 Å². The number of guanidine groups is 1. The van der Waals surface area contributed by atoms with Gasteiger partial charge in [-0.1, -0.05) is 12.5 Å². The van der Waals surface area contributed by atoms with Crippen molar-refractivity contribution in [3.05, 3.63) is 31.1 Å². The Morgan fingerprint density at radius 2 is 2.15 bits per heavy atom. The first kappa shape index (κ1) is 22.2. The van der Waals surface area contributed by atoms with Crippen LogP contribution in [0.25, 0.3) is 0 Å². The van der Waals surface area contributed by atoms with Crippen LogP contribution in [0.15, 0.2) is 41.0 Å². The van der Waals surface area contributed by atoms with Gasteiger partial charge in [0.1, 0.15) is 0 Å². The molecule has 0 radical (unpaired) electrons. The predicted molar refractivity (Wildman–Crippen MR) is 108 cm³/mol. The van der Waals surface area contributed by atoms with Crippen LogP contribution in [0, 0.1) is 0 Å². The van der Waals surface area contributed by atoms with E-state index < -0.39 is 10.0 Å². The quantitative estimate of drug-likeness (QED) is 0.250. The third-order valence-corrected chi connectivity index (χ3v) is 5.33. The molecule has 1 heterocycles. The average Bonchev–Trinajstić information content (AvgIpc) is 3.04. The lowest BCUT2D eigenvalue weighted by Crippen LogP contribution is -2.40. The van der Waals surface area contributed by atoms with Gasteiger partial charge in [0, 0.05) is 46.1 Å². The van der Waals surface area contributed by atoms with E-state index in [9.17, 15) is 8.42 Å². The maximum atomic E-state index is 12.2. The lowest BCUT2D eigenvalue weighted by Gasteiger charge is -2.22. The first-order chi connectivity index (χ1) is 12.4. The topological polar surface area (TPSA) is 78.7 Å². The Balaban J connectivity index is 2.46. The molecule has 0 saturated carbocycles. The highest BCUT2D eigenvalue weighted by Gasteiger charge is 2.14. The van der Waals surface area contributed by atoms with Crippen molar-refractivity contribution < 1.29 is 8.42 Å². The summed E-state index contributed by atoms with van der Waals surface area (Å²) in [6, 6.07) is 1.58. The molecule has 0 aliphatic rings. The molecule has 0 unspecified atom stereocenters. The largest absolute Gasteiger partial charge is 0.357 e. The summed E-state index contributed by atoms with van der Waals surface area (Å²) in [5.41, 5.74) is 0. The second-order valence-electron chi connectivity index (χ2n) is 6.21. The number of rotatable bonds is 12. The van der Waals surface area contributed by atoms with Crippen LogP contribution < -0.4 is 10.0 Å². The van der Waals surface area contributed by atoms with E-state index >= 15 is 0 Å². The van der Waals surface area contributed by atoms with Gasteiger partial charge in [-0.2, -0.15) is 0 Å². The summed E-state index contributed by atoms with van der Waals surface area (Å²) in [6.45, 7) is 8.09. The fourth-order valence-electron chi connectivity index (χ4n) is 2.45. The maximum absolute atomic E-state index is 12.2. The average molecular weight is 384 g/mol. The minimum atomic E-state index is -3.48. The summed E-state index contributed by atoms with van der Waals surface area (Å²) in [5.74, 6) is 0.801. The van der Waals surface area contributed by atoms with Gasteiger partial charge in [0.15, 0.2) is 5.96 Å². The molecule has 7 nitrogen and oxygen atoms in total. The Kier molecular flexibility index (Phi) is 10.0. The van der Waals surface area contributed by atoms with Crippen molar-refractivity contribution >= 4 is 16.0 Å². The van der Waals surface area contributed by atoms with E-state index in [2.05, 4.69) is 26.5 Å². The summed E-state index contributed by atoms with van der Waals surface area (Å²) in [7, 11) is 0.319. The minimum Gasteiger partial charge on any atom is -0.357 e. The van der Waals surface area contributed by atoms with Crippen molar-refractivity contribution in [3.63, 3.8) is 0 Å². The lowest BCUT2D eigenvalue weighted by atomic mass is 10.2. The van der Waals surface area contributed by atoms with Gasteiger partial charge in [-0.05, 0) is 32.3 Å². The Hall–Kier alpha value is -1.80. The number of sulfonamides is 1. The van der Waals surface area contributed by atoms with Crippen molar-refractivity contribution in [3.8, 4) is 0 Å². The van der Waals surface area contributed by atoms with Crippen LogP contribution >= 0.6 is 0 Å². The van der Waals surface area contributed by atoms with Gasteiger partial charge in [-0.25, -0.2) is 13.1 Å².